The zero-order chi connectivity index (χ0) is 13.5. The molecule has 0 aliphatic carbocycles. The lowest BCUT2D eigenvalue weighted by atomic mass is 10.0. The van der Waals surface area contributed by atoms with E-state index in [2.05, 4.69) is 75.7 Å². The van der Waals surface area contributed by atoms with Crippen LogP contribution in [0.25, 0.3) is 0 Å². The molecule has 0 N–H and O–H groups in total. The van der Waals surface area contributed by atoms with Crippen molar-refractivity contribution in [2.75, 3.05) is 25.5 Å². The van der Waals surface area contributed by atoms with Gasteiger partial charge in [-0.3, -0.25) is 0 Å². The Balaban J connectivity index is 1.84. The average molecular weight is 338 g/mol. The van der Waals surface area contributed by atoms with Crippen molar-refractivity contribution in [2.24, 2.45) is 0 Å². The molecule has 102 valence electrons. The SMILES string of the molecule is CN(CCc1cccs1)CC(CBr)c1ccccc1. The minimum Gasteiger partial charge on any atom is -0.305 e. The third kappa shape index (κ3) is 4.75. The molecular formula is C16H20BrNS. The first-order chi connectivity index (χ1) is 9.29. The monoisotopic (exact) mass is 337 g/mol. The summed E-state index contributed by atoms with van der Waals surface area (Å²) in [6, 6.07) is 15.1. The number of hydrogen-bond donors (Lipinski definition) is 0. The van der Waals surface area contributed by atoms with E-state index in [9.17, 15) is 0 Å². The molecule has 0 saturated heterocycles. The number of thiophene rings is 1. The highest BCUT2D eigenvalue weighted by molar-refractivity contribution is 9.09. The van der Waals surface area contributed by atoms with Gasteiger partial charge in [-0.05, 0) is 30.5 Å². The Kier molecular flexibility index (Phi) is 6.08. The van der Waals surface area contributed by atoms with Crippen LogP contribution in [0.4, 0.5) is 0 Å². The predicted molar refractivity (Wildman–Crippen MR) is 88.5 cm³/mol. The summed E-state index contributed by atoms with van der Waals surface area (Å²) in [5.41, 5.74) is 1.42. The number of hydrogen-bond acceptors (Lipinski definition) is 2. The van der Waals surface area contributed by atoms with Gasteiger partial charge in [0.2, 0.25) is 0 Å². The summed E-state index contributed by atoms with van der Waals surface area (Å²) >= 11 is 5.50. The van der Waals surface area contributed by atoms with Crippen molar-refractivity contribution in [3.63, 3.8) is 0 Å². The van der Waals surface area contributed by atoms with Gasteiger partial charge in [0.15, 0.2) is 0 Å². The summed E-state index contributed by atoms with van der Waals surface area (Å²) in [6.45, 7) is 2.22. The van der Waals surface area contributed by atoms with E-state index in [4.69, 9.17) is 0 Å². The number of halogens is 1. The van der Waals surface area contributed by atoms with E-state index in [0.717, 1.165) is 24.8 Å². The number of rotatable bonds is 7. The molecule has 0 aliphatic rings. The van der Waals surface area contributed by atoms with E-state index in [0.29, 0.717) is 5.92 Å². The Morgan fingerprint density at radius 1 is 1.16 bits per heavy atom. The van der Waals surface area contributed by atoms with Crippen LogP contribution in [0.1, 0.15) is 16.4 Å². The standard InChI is InChI=1S/C16H20BrNS/c1-18(10-9-16-8-5-11-19-16)13-15(12-17)14-6-3-2-4-7-14/h2-8,11,15H,9-10,12-13H2,1H3. The van der Waals surface area contributed by atoms with E-state index in [1.807, 2.05) is 11.3 Å². The molecule has 1 nitrogen and oxygen atoms in total. The molecule has 0 radical (unpaired) electrons. The van der Waals surface area contributed by atoms with E-state index < -0.39 is 0 Å². The molecule has 1 atom stereocenters. The summed E-state index contributed by atoms with van der Waals surface area (Å²) < 4.78 is 0. The lowest BCUT2D eigenvalue weighted by Gasteiger charge is -2.22. The van der Waals surface area contributed by atoms with Gasteiger partial charge in [-0.1, -0.05) is 52.3 Å². The summed E-state index contributed by atoms with van der Waals surface area (Å²) in [6.07, 6.45) is 1.15. The van der Waals surface area contributed by atoms with Gasteiger partial charge in [-0.2, -0.15) is 0 Å². The fourth-order valence-electron chi connectivity index (χ4n) is 2.19. The zero-order valence-corrected chi connectivity index (χ0v) is 13.7. The van der Waals surface area contributed by atoms with Gasteiger partial charge in [-0.15, -0.1) is 11.3 Å². The second-order valence-electron chi connectivity index (χ2n) is 4.85. The van der Waals surface area contributed by atoms with Crippen molar-refractivity contribution >= 4 is 27.3 Å². The molecule has 0 bridgehead atoms. The first kappa shape index (κ1) is 14.8. The van der Waals surface area contributed by atoms with Crippen molar-refractivity contribution in [3.05, 3.63) is 58.3 Å². The van der Waals surface area contributed by atoms with Crippen LogP contribution in [-0.2, 0) is 6.42 Å². The number of benzene rings is 1. The van der Waals surface area contributed by atoms with Gasteiger partial charge in [0.25, 0.3) is 0 Å². The van der Waals surface area contributed by atoms with Gasteiger partial charge < -0.3 is 4.90 Å². The molecule has 1 aromatic heterocycles. The summed E-state index contributed by atoms with van der Waals surface area (Å²) in [5.74, 6) is 0.564. The molecule has 3 heteroatoms. The Labute approximate surface area is 128 Å². The molecule has 2 aromatic rings. The molecule has 0 spiro atoms. The summed E-state index contributed by atoms with van der Waals surface area (Å²) in [5, 5.41) is 3.17. The topological polar surface area (TPSA) is 3.24 Å². The maximum Gasteiger partial charge on any atom is 0.0112 e. The van der Waals surface area contributed by atoms with Crippen LogP contribution in [0.5, 0.6) is 0 Å². The third-order valence-electron chi connectivity index (χ3n) is 3.31. The van der Waals surface area contributed by atoms with Crippen LogP contribution in [-0.4, -0.2) is 30.4 Å². The van der Waals surface area contributed by atoms with E-state index in [-0.39, 0.29) is 0 Å². The van der Waals surface area contributed by atoms with Crippen molar-refractivity contribution in [1.82, 2.24) is 4.90 Å². The smallest absolute Gasteiger partial charge is 0.0112 e. The van der Waals surface area contributed by atoms with E-state index >= 15 is 0 Å². The Hall–Kier alpha value is -0.640. The van der Waals surface area contributed by atoms with Crippen LogP contribution in [0.3, 0.4) is 0 Å². The van der Waals surface area contributed by atoms with Crippen molar-refractivity contribution in [1.29, 1.82) is 0 Å². The summed E-state index contributed by atoms with van der Waals surface area (Å²) in [4.78, 5) is 3.90. The Bertz CT molecular complexity index is 455. The van der Waals surface area contributed by atoms with Gasteiger partial charge in [0.1, 0.15) is 0 Å². The first-order valence-corrected chi connectivity index (χ1v) is 8.61. The molecular weight excluding hydrogens is 318 g/mol. The minimum atomic E-state index is 0.564. The number of nitrogens with zero attached hydrogens (tertiary/aromatic N) is 1. The van der Waals surface area contributed by atoms with Crippen molar-refractivity contribution < 1.29 is 0 Å². The molecule has 0 amide bonds. The van der Waals surface area contributed by atoms with Gasteiger partial charge >= 0.3 is 0 Å². The molecule has 0 aliphatic heterocycles. The van der Waals surface area contributed by atoms with Gasteiger partial charge in [-0.25, -0.2) is 0 Å². The fourth-order valence-corrected chi connectivity index (χ4v) is 3.47. The quantitative estimate of drug-likeness (QED) is 0.677. The molecule has 19 heavy (non-hydrogen) atoms. The van der Waals surface area contributed by atoms with Crippen LogP contribution in [0.2, 0.25) is 0 Å². The average Bonchev–Trinajstić information content (AvgIpc) is 2.97. The molecule has 1 heterocycles. The first-order valence-electron chi connectivity index (χ1n) is 6.61. The predicted octanol–water partition coefficient (Wildman–Crippen LogP) is 4.40. The second kappa shape index (κ2) is 7.83. The van der Waals surface area contributed by atoms with Crippen LogP contribution < -0.4 is 0 Å². The van der Waals surface area contributed by atoms with Gasteiger partial charge in [0, 0.05) is 29.2 Å². The van der Waals surface area contributed by atoms with Gasteiger partial charge in [0.05, 0.1) is 0 Å². The van der Waals surface area contributed by atoms with Crippen LogP contribution >= 0.6 is 27.3 Å². The van der Waals surface area contributed by atoms with Crippen LogP contribution in [0, 0.1) is 0 Å². The number of likely N-dealkylation sites (N-methyl/N-ethyl adjacent to an activating group) is 1. The Morgan fingerprint density at radius 2 is 1.95 bits per heavy atom. The molecule has 0 saturated carbocycles. The maximum absolute atomic E-state index is 3.65. The highest BCUT2D eigenvalue weighted by atomic mass is 79.9. The second-order valence-corrected chi connectivity index (χ2v) is 6.53. The molecule has 2 rings (SSSR count). The lowest BCUT2D eigenvalue weighted by molar-refractivity contribution is 0.323. The molecule has 0 fully saturated rings. The van der Waals surface area contributed by atoms with Crippen molar-refractivity contribution in [2.45, 2.75) is 12.3 Å². The van der Waals surface area contributed by atoms with E-state index in [1.54, 1.807) is 0 Å². The highest BCUT2D eigenvalue weighted by Crippen LogP contribution is 2.19. The largest absolute Gasteiger partial charge is 0.305 e. The lowest BCUT2D eigenvalue weighted by Crippen LogP contribution is -2.27. The van der Waals surface area contributed by atoms with E-state index in [1.165, 1.54) is 10.4 Å². The maximum atomic E-state index is 3.65. The molecule has 1 unspecified atom stereocenters. The molecule has 1 aromatic carbocycles. The summed E-state index contributed by atoms with van der Waals surface area (Å²) in [7, 11) is 2.21. The van der Waals surface area contributed by atoms with Crippen LogP contribution in [0.15, 0.2) is 47.8 Å². The Morgan fingerprint density at radius 3 is 2.58 bits per heavy atom. The number of alkyl halides is 1. The fraction of sp³-hybridized carbons (Fsp3) is 0.375. The normalized spacial score (nSPS) is 12.8. The third-order valence-corrected chi connectivity index (χ3v) is 5.03. The zero-order valence-electron chi connectivity index (χ0n) is 11.3. The minimum absolute atomic E-state index is 0.564. The highest BCUT2D eigenvalue weighted by Gasteiger charge is 2.12. The van der Waals surface area contributed by atoms with Crippen molar-refractivity contribution in [3.8, 4) is 0 Å².